The van der Waals surface area contributed by atoms with Crippen LogP contribution in [0, 0.1) is 37.5 Å². The molecule has 2 fully saturated rings. The van der Waals surface area contributed by atoms with E-state index in [0.29, 0.717) is 35.1 Å². The number of nitrogen functional groups attached to an aromatic ring is 2. The molecule has 0 radical (unpaired) electrons. The summed E-state index contributed by atoms with van der Waals surface area (Å²) in [5.74, 6) is 3.10. The van der Waals surface area contributed by atoms with E-state index < -0.39 is 0 Å². The summed E-state index contributed by atoms with van der Waals surface area (Å²) >= 11 is 0. The molecule has 0 bridgehead atoms. The van der Waals surface area contributed by atoms with Crippen molar-refractivity contribution in [3.05, 3.63) is 84.7 Å². The first-order chi connectivity index (χ1) is 24.0. The summed E-state index contributed by atoms with van der Waals surface area (Å²) in [6.07, 6.45) is 12.3. The fourth-order valence-electron chi connectivity index (χ4n) is 6.04. The summed E-state index contributed by atoms with van der Waals surface area (Å²) in [7, 11) is 0. The highest BCUT2D eigenvalue weighted by molar-refractivity contribution is 5.99. The molecule has 6 heterocycles. The van der Waals surface area contributed by atoms with Crippen molar-refractivity contribution in [1.29, 1.82) is 0 Å². The zero-order chi connectivity index (χ0) is 35.1. The summed E-state index contributed by atoms with van der Waals surface area (Å²) in [6, 6.07) is 11.5. The lowest BCUT2D eigenvalue weighted by molar-refractivity contribution is -0.118. The van der Waals surface area contributed by atoms with E-state index in [4.69, 9.17) is 11.5 Å². The maximum absolute atomic E-state index is 12.1. The third kappa shape index (κ3) is 6.77. The van der Waals surface area contributed by atoms with Crippen LogP contribution in [0.3, 0.4) is 0 Å². The number of amides is 2. The van der Waals surface area contributed by atoms with Crippen LogP contribution in [0.2, 0.25) is 0 Å². The number of nitrogens with zero attached hydrogens (tertiary/aromatic N) is 6. The molecule has 0 aromatic carbocycles. The van der Waals surface area contributed by atoms with Gasteiger partial charge in [-0.1, -0.05) is 13.8 Å². The summed E-state index contributed by atoms with van der Waals surface area (Å²) < 4.78 is 0. The summed E-state index contributed by atoms with van der Waals surface area (Å²) in [5.41, 5.74) is 17.8. The Bertz CT molecular complexity index is 2130. The smallest absolute Gasteiger partial charge is 0.228 e. The van der Waals surface area contributed by atoms with E-state index in [1.165, 1.54) is 0 Å². The highest BCUT2D eigenvalue weighted by Gasteiger charge is 2.40. The van der Waals surface area contributed by atoms with Crippen molar-refractivity contribution >= 4 is 56.6 Å². The maximum atomic E-state index is 12.1. The second kappa shape index (κ2) is 13.1. The number of hydrogen-bond acceptors (Lipinski definition) is 10. The van der Waals surface area contributed by atoms with Crippen molar-refractivity contribution in [2.75, 3.05) is 22.1 Å². The highest BCUT2D eigenvalue weighted by Crippen LogP contribution is 2.39. The molecule has 12 heteroatoms. The number of pyridine rings is 6. The third-order valence-electron chi connectivity index (χ3n) is 9.52. The second-order valence-electron chi connectivity index (χ2n) is 13.4. The van der Waals surface area contributed by atoms with Crippen molar-refractivity contribution in [3.63, 3.8) is 0 Å². The molecule has 12 nitrogen and oxygen atoms in total. The topological polar surface area (TPSA) is 188 Å². The molecule has 2 aliphatic carbocycles. The molecule has 2 amide bonds. The van der Waals surface area contributed by atoms with E-state index in [9.17, 15) is 9.59 Å². The number of carbonyl (C=O) groups excluding carboxylic acids is 2. The molecule has 6 aromatic rings. The molecule has 1 unspecified atom stereocenters. The van der Waals surface area contributed by atoms with Crippen molar-refractivity contribution in [1.82, 2.24) is 29.9 Å². The number of carbonyl (C=O) groups is 2. The minimum absolute atomic E-state index is 0.0321. The van der Waals surface area contributed by atoms with E-state index >= 15 is 0 Å². The van der Waals surface area contributed by atoms with Gasteiger partial charge in [0.1, 0.15) is 23.3 Å². The van der Waals surface area contributed by atoms with Gasteiger partial charge < -0.3 is 22.1 Å². The van der Waals surface area contributed by atoms with Gasteiger partial charge in [-0.3, -0.25) is 19.6 Å². The number of hydrogen-bond donors (Lipinski definition) is 4. The lowest BCUT2D eigenvalue weighted by Crippen LogP contribution is -2.15. The maximum Gasteiger partial charge on any atom is 0.228 e. The molecule has 2 saturated carbocycles. The standard InChI is InChI=1S/2C19H19N5O/c2*1-10-3-4-21-8-14(10)16-6-12-7-17(22-9-15(12)18(20)23-16)24-19(25)13-5-11(13)2/h2*3-4,6-9,11,13H,5H2,1-2H3,(H2,20,23)(H,22,24,25)/t11-,13?;11-,13-/m01/s1. The van der Waals surface area contributed by atoms with Crippen LogP contribution in [0.15, 0.2) is 73.6 Å². The number of rotatable bonds is 6. The summed E-state index contributed by atoms with van der Waals surface area (Å²) in [4.78, 5) is 50.2. The monoisotopic (exact) mass is 666 g/mol. The van der Waals surface area contributed by atoms with Crippen LogP contribution < -0.4 is 22.1 Å². The Labute approximate surface area is 289 Å². The number of nitrogens with two attached hydrogens (primary N) is 2. The molecular weight excluding hydrogens is 628 g/mol. The summed E-state index contributed by atoms with van der Waals surface area (Å²) in [5, 5.41) is 9.10. The first-order valence-electron chi connectivity index (χ1n) is 16.6. The second-order valence-corrected chi connectivity index (χ2v) is 13.4. The van der Waals surface area contributed by atoms with E-state index in [2.05, 4.69) is 54.4 Å². The molecule has 0 aliphatic heterocycles. The average molecular weight is 667 g/mol. The van der Waals surface area contributed by atoms with Gasteiger partial charge in [0.05, 0.1) is 11.4 Å². The molecule has 0 saturated heterocycles. The normalized spacial score (nSPS) is 19.0. The Morgan fingerprint density at radius 3 is 1.42 bits per heavy atom. The van der Waals surface area contributed by atoms with E-state index in [1.807, 2.05) is 50.2 Å². The van der Waals surface area contributed by atoms with Crippen LogP contribution in [0.25, 0.3) is 44.1 Å². The largest absolute Gasteiger partial charge is 0.383 e. The predicted octanol–water partition coefficient (Wildman–Crippen LogP) is 6.35. The molecule has 252 valence electrons. The van der Waals surface area contributed by atoms with Gasteiger partial charge in [0.25, 0.3) is 0 Å². The van der Waals surface area contributed by atoms with E-state index in [0.717, 1.165) is 68.0 Å². The molecule has 50 heavy (non-hydrogen) atoms. The SMILES string of the molecule is Cc1ccncc1-c1cc2cc(NC(=O)C3C[C@@H]3C)ncc2c(N)n1.Cc1ccncc1-c1cc2cc(NC(=O)[C@@H]3C[C@H]3C)ncc2c(N)n1. The molecule has 0 spiro atoms. The van der Waals surface area contributed by atoms with Crippen LogP contribution in [0.1, 0.15) is 37.8 Å². The zero-order valence-electron chi connectivity index (χ0n) is 28.3. The number of aromatic nitrogens is 6. The molecule has 4 atom stereocenters. The first kappa shape index (κ1) is 32.5. The highest BCUT2D eigenvalue weighted by atomic mass is 16.2. The van der Waals surface area contributed by atoms with Crippen molar-refractivity contribution in [2.45, 2.75) is 40.5 Å². The Hall–Kier alpha value is -6.04. The number of aryl methyl sites for hydroxylation is 2. The Kier molecular flexibility index (Phi) is 8.52. The first-order valence-corrected chi connectivity index (χ1v) is 16.6. The molecule has 6 aromatic heterocycles. The van der Waals surface area contributed by atoms with E-state index in [1.54, 1.807) is 37.2 Å². The van der Waals surface area contributed by atoms with Gasteiger partial charge in [0.2, 0.25) is 11.8 Å². The quantitative estimate of drug-likeness (QED) is 0.156. The molecule has 8 rings (SSSR count). The van der Waals surface area contributed by atoms with Gasteiger partial charge in [0, 0.05) is 70.9 Å². The molecule has 6 N–H and O–H groups in total. The van der Waals surface area contributed by atoms with Gasteiger partial charge in [-0.15, -0.1) is 0 Å². The van der Waals surface area contributed by atoms with Crippen LogP contribution >= 0.6 is 0 Å². The van der Waals surface area contributed by atoms with Crippen LogP contribution in [-0.4, -0.2) is 41.7 Å². The Balaban J connectivity index is 0.000000157. The fourth-order valence-corrected chi connectivity index (χ4v) is 6.04. The van der Waals surface area contributed by atoms with Crippen molar-refractivity contribution in [3.8, 4) is 22.5 Å². The van der Waals surface area contributed by atoms with Gasteiger partial charge >= 0.3 is 0 Å². The van der Waals surface area contributed by atoms with Gasteiger partial charge in [-0.25, -0.2) is 19.9 Å². The number of nitrogens with one attached hydrogen (secondary N) is 2. The lowest BCUT2D eigenvalue weighted by Gasteiger charge is -2.10. The minimum Gasteiger partial charge on any atom is -0.383 e. The minimum atomic E-state index is 0.0321. The van der Waals surface area contributed by atoms with Crippen molar-refractivity contribution < 1.29 is 9.59 Å². The van der Waals surface area contributed by atoms with Crippen LogP contribution in [-0.2, 0) is 9.59 Å². The predicted molar refractivity (Wildman–Crippen MR) is 196 cm³/mol. The van der Waals surface area contributed by atoms with Crippen LogP contribution in [0.4, 0.5) is 23.3 Å². The van der Waals surface area contributed by atoms with Crippen molar-refractivity contribution in [2.24, 2.45) is 23.7 Å². The lowest BCUT2D eigenvalue weighted by atomic mass is 10.1. The van der Waals surface area contributed by atoms with E-state index in [-0.39, 0.29) is 23.7 Å². The molecule has 2 aliphatic rings. The van der Waals surface area contributed by atoms with Gasteiger partial charge in [-0.05, 0) is 96.8 Å². The van der Waals surface area contributed by atoms with Crippen LogP contribution in [0.5, 0.6) is 0 Å². The number of fused-ring (bicyclic) bond motifs is 2. The zero-order valence-corrected chi connectivity index (χ0v) is 28.3. The number of anilines is 4. The fraction of sp³-hybridized carbons (Fsp3) is 0.263. The molecular formula is C38H38N10O2. The Morgan fingerprint density at radius 1 is 0.660 bits per heavy atom. The van der Waals surface area contributed by atoms with Gasteiger partial charge in [-0.2, -0.15) is 0 Å². The summed E-state index contributed by atoms with van der Waals surface area (Å²) in [6.45, 7) is 8.17. The third-order valence-corrected chi connectivity index (χ3v) is 9.52. The van der Waals surface area contributed by atoms with Gasteiger partial charge in [0.15, 0.2) is 0 Å². The average Bonchev–Trinajstić information content (AvgIpc) is 4.02. The Morgan fingerprint density at radius 2 is 1.06 bits per heavy atom.